The summed E-state index contributed by atoms with van der Waals surface area (Å²) in [5, 5.41) is 7.92. The van der Waals surface area contributed by atoms with Gasteiger partial charge in [-0.2, -0.15) is 0 Å². The first-order valence-electron chi connectivity index (χ1n) is 9.80. The minimum absolute atomic E-state index is 0. The summed E-state index contributed by atoms with van der Waals surface area (Å²) in [6.07, 6.45) is 5.33. The van der Waals surface area contributed by atoms with E-state index < -0.39 is 0 Å². The van der Waals surface area contributed by atoms with E-state index in [2.05, 4.69) is 52.3 Å². The lowest BCUT2D eigenvalue weighted by Crippen LogP contribution is -2.38. The molecule has 0 bridgehead atoms. The molecule has 0 aromatic carbocycles. The molecule has 0 atom stereocenters. The van der Waals surface area contributed by atoms with Gasteiger partial charge in [-0.15, -0.1) is 35.3 Å². The van der Waals surface area contributed by atoms with Crippen LogP contribution in [0, 0.1) is 13.8 Å². The smallest absolute Gasteiger partial charge is 0.191 e. The molecule has 28 heavy (non-hydrogen) atoms. The summed E-state index contributed by atoms with van der Waals surface area (Å²) in [5.41, 5.74) is 2.33. The van der Waals surface area contributed by atoms with E-state index in [1.165, 1.54) is 28.3 Å². The second kappa shape index (κ2) is 11.5. The van der Waals surface area contributed by atoms with Crippen LogP contribution in [0.3, 0.4) is 0 Å². The van der Waals surface area contributed by atoms with Crippen LogP contribution in [-0.2, 0) is 13.0 Å². The van der Waals surface area contributed by atoms with E-state index in [9.17, 15) is 0 Å². The Kier molecular flexibility index (Phi) is 9.43. The molecule has 2 aromatic rings. The first-order chi connectivity index (χ1) is 13.2. The van der Waals surface area contributed by atoms with Crippen molar-refractivity contribution in [3.8, 4) is 0 Å². The van der Waals surface area contributed by atoms with Gasteiger partial charge in [0.1, 0.15) is 5.82 Å². The SMILES string of the molecule is CCNC(=NCc1ccnc(N2CCCC2)c1)NCCc1nc(C)c(C)s1.I. The third-order valence-electron chi connectivity index (χ3n) is 4.71. The summed E-state index contributed by atoms with van der Waals surface area (Å²) >= 11 is 1.78. The molecule has 0 unspecified atom stereocenters. The Morgan fingerprint density at radius 1 is 1.25 bits per heavy atom. The first kappa shape index (κ1) is 22.9. The number of hydrogen-bond acceptors (Lipinski definition) is 5. The Labute approximate surface area is 189 Å². The van der Waals surface area contributed by atoms with Crippen LogP contribution in [0.2, 0.25) is 0 Å². The van der Waals surface area contributed by atoms with E-state index in [1.54, 1.807) is 11.3 Å². The van der Waals surface area contributed by atoms with Crippen LogP contribution in [0.5, 0.6) is 0 Å². The fourth-order valence-electron chi connectivity index (χ4n) is 3.12. The number of guanidine groups is 1. The average molecular weight is 514 g/mol. The van der Waals surface area contributed by atoms with Gasteiger partial charge in [0.15, 0.2) is 5.96 Å². The number of nitrogens with zero attached hydrogens (tertiary/aromatic N) is 4. The van der Waals surface area contributed by atoms with Crippen molar-refractivity contribution in [1.82, 2.24) is 20.6 Å². The molecule has 0 saturated carbocycles. The predicted molar refractivity (Wildman–Crippen MR) is 129 cm³/mol. The van der Waals surface area contributed by atoms with Crippen molar-refractivity contribution in [1.29, 1.82) is 0 Å². The summed E-state index contributed by atoms with van der Waals surface area (Å²) in [6, 6.07) is 4.22. The Morgan fingerprint density at radius 3 is 2.71 bits per heavy atom. The Bertz CT molecular complexity index is 750. The Morgan fingerprint density at radius 2 is 2.04 bits per heavy atom. The van der Waals surface area contributed by atoms with Gasteiger partial charge in [-0.05, 0) is 51.3 Å². The van der Waals surface area contributed by atoms with Crippen LogP contribution in [0.25, 0.3) is 0 Å². The highest BCUT2D eigenvalue weighted by Gasteiger charge is 2.13. The van der Waals surface area contributed by atoms with E-state index in [0.29, 0.717) is 6.54 Å². The highest BCUT2D eigenvalue weighted by Crippen LogP contribution is 2.19. The maximum absolute atomic E-state index is 4.74. The zero-order valence-electron chi connectivity index (χ0n) is 17.0. The molecule has 0 radical (unpaired) electrons. The molecular weight excluding hydrogens is 483 g/mol. The van der Waals surface area contributed by atoms with E-state index in [-0.39, 0.29) is 24.0 Å². The van der Waals surface area contributed by atoms with Gasteiger partial charge in [0, 0.05) is 43.7 Å². The fraction of sp³-hybridized carbons (Fsp3) is 0.550. The molecular formula is C20H31IN6S. The number of nitrogens with one attached hydrogen (secondary N) is 2. The molecule has 1 fully saturated rings. The molecule has 3 rings (SSSR count). The highest BCUT2D eigenvalue weighted by atomic mass is 127. The van der Waals surface area contributed by atoms with E-state index in [1.807, 2.05) is 12.3 Å². The summed E-state index contributed by atoms with van der Waals surface area (Å²) in [5.74, 6) is 1.93. The topological polar surface area (TPSA) is 65.4 Å². The number of hydrogen-bond donors (Lipinski definition) is 2. The maximum Gasteiger partial charge on any atom is 0.191 e. The number of pyridine rings is 1. The second-order valence-electron chi connectivity index (χ2n) is 6.84. The van der Waals surface area contributed by atoms with Crippen LogP contribution in [0.4, 0.5) is 5.82 Å². The lowest BCUT2D eigenvalue weighted by atomic mass is 10.2. The zero-order valence-corrected chi connectivity index (χ0v) is 20.1. The molecule has 154 valence electrons. The number of anilines is 1. The van der Waals surface area contributed by atoms with Gasteiger partial charge < -0.3 is 15.5 Å². The quantitative estimate of drug-likeness (QED) is 0.336. The van der Waals surface area contributed by atoms with E-state index in [4.69, 9.17) is 4.99 Å². The molecule has 1 saturated heterocycles. The largest absolute Gasteiger partial charge is 0.357 e. The standard InChI is InChI=1S/C20H30N6S.HI/c1-4-21-20(23-10-8-19-25-15(2)16(3)27-19)24-14-17-7-9-22-18(13-17)26-11-5-6-12-26;/h7,9,13H,4-6,8,10-12,14H2,1-3H3,(H2,21,23,24);1H. The van der Waals surface area contributed by atoms with Crippen molar-refractivity contribution >= 4 is 47.1 Å². The number of rotatable bonds is 7. The van der Waals surface area contributed by atoms with E-state index in [0.717, 1.165) is 50.1 Å². The zero-order chi connectivity index (χ0) is 19.1. The molecule has 1 aliphatic heterocycles. The summed E-state index contributed by atoms with van der Waals surface area (Å²) in [7, 11) is 0. The fourth-order valence-corrected chi connectivity index (χ4v) is 4.06. The third kappa shape index (κ3) is 6.58. The van der Waals surface area contributed by atoms with Crippen molar-refractivity contribution in [2.75, 3.05) is 31.1 Å². The Hall–Kier alpha value is -1.42. The molecule has 1 aliphatic rings. The molecule has 6 nitrogen and oxygen atoms in total. The Balaban J connectivity index is 0.00000280. The van der Waals surface area contributed by atoms with Crippen molar-refractivity contribution < 1.29 is 0 Å². The predicted octanol–water partition coefficient (Wildman–Crippen LogP) is 3.67. The van der Waals surface area contributed by atoms with Gasteiger partial charge in [-0.3, -0.25) is 0 Å². The van der Waals surface area contributed by atoms with Crippen LogP contribution in [0.1, 0.15) is 40.9 Å². The monoisotopic (exact) mass is 514 g/mol. The van der Waals surface area contributed by atoms with Crippen molar-refractivity contribution in [2.45, 2.75) is 46.6 Å². The number of aromatic nitrogens is 2. The van der Waals surface area contributed by atoms with Crippen LogP contribution in [0.15, 0.2) is 23.3 Å². The third-order valence-corrected chi connectivity index (χ3v) is 5.84. The molecule has 0 amide bonds. The van der Waals surface area contributed by atoms with Gasteiger partial charge in [0.25, 0.3) is 0 Å². The number of thiazole rings is 1. The van der Waals surface area contributed by atoms with Crippen molar-refractivity contribution in [2.24, 2.45) is 4.99 Å². The maximum atomic E-state index is 4.74. The van der Waals surface area contributed by atoms with Crippen molar-refractivity contribution in [3.63, 3.8) is 0 Å². The normalized spacial score (nSPS) is 14.1. The van der Waals surface area contributed by atoms with Crippen LogP contribution >= 0.6 is 35.3 Å². The molecule has 3 heterocycles. The summed E-state index contributed by atoms with van der Waals surface area (Å²) in [4.78, 5) is 17.5. The molecule has 8 heteroatoms. The van der Waals surface area contributed by atoms with Gasteiger partial charge in [0.2, 0.25) is 0 Å². The number of aliphatic imine (C=N–C) groups is 1. The van der Waals surface area contributed by atoms with Gasteiger partial charge in [0.05, 0.1) is 17.2 Å². The molecule has 2 N–H and O–H groups in total. The lowest BCUT2D eigenvalue weighted by Gasteiger charge is -2.16. The lowest BCUT2D eigenvalue weighted by molar-refractivity contribution is 0.795. The first-order valence-corrected chi connectivity index (χ1v) is 10.6. The second-order valence-corrected chi connectivity index (χ2v) is 8.13. The number of halogens is 1. The minimum Gasteiger partial charge on any atom is -0.357 e. The minimum atomic E-state index is 0. The summed E-state index contributed by atoms with van der Waals surface area (Å²) < 4.78 is 0. The average Bonchev–Trinajstić information content (AvgIpc) is 3.30. The highest BCUT2D eigenvalue weighted by molar-refractivity contribution is 14.0. The van der Waals surface area contributed by atoms with Crippen molar-refractivity contribution in [3.05, 3.63) is 39.5 Å². The molecule has 0 aliphatic carbocycles. The van der Waals surface area contributed by atoms with Gasteiger partial charge in [-0.25, -0.2) is 15.0 Å². The van der Waals surface area contributed by atoms with Gasteiger partial charge in [-0.1, -0.05) is 0 Å². The van der Waals surface area contributed by atoms with Crippen LogP contribution < -0.4 is 15.5 Å². The summed E-state index contributed by atoms with van der Waals surface area (Å²) in [6.45, 7) is 10.8. The van der Waals surface area contributed by atoms with E-state index >= 15 is 0 Å². The van der Waals surface area contributed by atoms with Crippen LogP contribution in [-0.4, -0.2) is 42.1 Å². The van der Waals surface area contributed by atoms with Gasteiger partial charge >= 0.3 is 0 Å². The number of aryl methyl sites for hydroxylation is 2. The molecule has 2 aromatic heterocycles. The molecule has 0 spiro atoms.